The molecule has 7 nitrogen and oxygen atoms in total. The molecule has 0 saturated carbocycles. The molecule has 0 bridgehead atoms. The van der Waals surface area contributed by atoms with Gasteiger partial charge in [-0.05, 0) is 6.92 Å². The lowest BCUT2D eigenvalue weighted by Crippen LogP contribution is -2.35. The SMILES string of the molecule is Cc1cn(COC(CO)C(C#N)CF)c(=O)[nH]c1=O. The van der Waals surface area contributed by atoms with Crippen LogP contribution in [0.1, 0.15) is 5.56 Å². The summed E-state index contributed by atoms with van der Waals surface area (Å²) < 4.78 is 18.7. The summed E-state index contributed by atoms with van der Waals surface area (Å²) in [4.78, 5) is 24.6. The van der Waals surface area contributed by atoms with Crippen LogP contribution < -0.4 is 11.2 Å². The van der Waals surface area contributed by atoms with Gasteiger partial charge in [-0.3, -0.25) is 14.3 Å². The van der Waals surface area contributed by atoms with Crippen molar-refractivity contribution in [2.24, 2.45) is 5.92 Å². The minimum absolute atomic E-state index is 0.292. The van der Waals surface area contributed by atoms with Gasteiger partial charge in [0.1, 0.15) is 25.4 Å². The number of rotatable bonds is 6. The van der Waals surface area contributed by atoms with Crippen molar-refractivity contribution in [3.05, 3.63) is 32.6 Å². The molecule has 1 aromatic heterocycles. The van der Waals surface area contributed by atoms with E-state index in [2.05, 4.69) is 4.98 Å². The van der Waals surface area contributed by atoms with Gasteiger partial charge >= 0.3 is 5.69 Å². The number of aryl methyl sites for hydroxylation is 1. The number of nitriles is 1. The first-order valence-corrected chi connectivity index (χ1v) is 5.51. The molecule has 1 rings (SSSR count). The van der Waals surface area contributed by atoms with Crippen LogP contribution in [0, 0.1) is 24.2 Å². The van der Waals surface area contributed by atoms with E-state index in [1.54, 1.807) is 6.07 Å². The minimum Gasteiger partial charge on any atom is -0.394 e. The summed E-state index contributed by atoms with van der Waals surface area (Å²) in [6.45, 7) is -0.279. The molecular weight excluding hydrogens is 257 g/mol. The molecule has 0 spiro atoms. The fraction of sp³-hybridized carbons (Fsp3) is 0.545. The lowest BCUT2D eigenvalue weighted by Gasteiger charge is -2.18. The lowest BCUT2D eigenvalue weighted by atomic mass is 10.1. The number of nitrogens with zero attached hydrogens (tertiary/aromatic N) is 2. The third kappa shape index (κ3) is 3.74. The summed E-state index contributed by atoms with van der Waals surface area (Å²) in [5.41, 5.74) is -0.870. The molecule has 0 aliphatic carbocycles. The molecule has 0 fully saturated rings. The van der Waals surface area contributed by atoms with Gasteiger partial charge in [0.25, 0.3) is 5.56 Å². The van der Waals surface area contributed by atoms with Gasteiger partial charge in [0.15, 0.2) is 0 Å². The molecule has 0 saturated heterocycles. The molecule has 2 unspecified atom stereocenters. The highest BCUT2D eigenvalue weighted by Gasteiger charge is 2.21. The van der Waals surface area contributed by atoms with Crippen molar-refractivity contribution in [1.29, 1.82) is 5.26 Å². The number of aromatic amines is 1. The van der Waals surface area contributed by atoms with Crippen LogP contribution in [-0.2, 0) is 11.5 Å². The van der Waals surface area contributed by atoms with Crippen LogP contribution in [0.25, 0.3) is 0 Å². The van der Waals surface area contributed by atoms with Crippen molar-refractivity contribution < 1.29 is 14.2 Å². The number of nitrogens with one attached hydrogen (secondary N) is 1. The molecule has 0 aliphatic rings. The lowest BCUT2D eigenvalue weighted by molar-refractivity contribution is -0.0487. The van der Waals surface area contributed by atoms with Crippen LogP contribution >= 0.6 is 0 Å². The minimum atomic E-state index is -1.11. The monoisotopic (exact) mass is 271 g/mol. The summed E-state index contributed by atoms with van der Waals surface area (Å²) in [6.07, 6.45) is 0.251. The van der Waals surface area contributed by atoms with Crippen molar-refractivity contribution in [3.8, 4) is 6.07 Å². The van der Waals surface area contributed by atoms with Gasteiger partial charge in [0.2, 0.25) is 0 Å². The van der Waals surface area contributed by atoms with E-state index in [1.807, 2.05) is 0 Å². The molecule has 0 aliphatic heterocycles. The number of aromatic nitrogens is 2. The maximum atomic E-state index is 12.5. The van der Waals surface area contributed by atoms with Crippen LogP contribution in [0.3, 0.4) is 0 Å². The van der Waals surface area contributed by atoms with E-state index in [0.29, 0.717) is 5.56 Å². The van der Waals surface area contributed by atoms with Gasteiger partial charge in [0.05, 0.1) is 12.7 Å². The van der Waals surface area contributed by atoms with Crippen molar-refractivity contribution >= 4 is 0 Å². The number of aliphatic hydroxyl groups is 1. The number of hydrogen-bond donors (Lipinski definition) is 2. The first-order chi connectivity index (χ1) is 9.03. The third-order valence-corrected chi connectivity index (χ3v) is 2.58. The topological polar surface area (TPSA) is 108 Å². The van der Waals surface area contributed by atoms with E-state index in [1.165, 1.54) is 13.1 Å². The number of hydrogen-bond acceptors (Lipinski definition) is 5. The Hall–Kier alpha value is -1.98. The van der Waals surface area contributed by atoms with Crippen molar-refractivity contribution in [2.75, 3.05) is 13.3 Å². The van der Waals surface area contributed by atoms with Crippen LogP contribution in [-0.4, -0.2) is 34.0 Å². The Bertz CT molecular complexity index is 575. The van der Waals surface area contributed by atoms with Gasteiger partial charge in [0, 0.05) is 11.8 Å². The summed E-state index contributed by atoms with van der Waals surface area (Å²) in [6, 6.07) is 1.67. The second kappa shape index (κ2) is 6.82. The number of aliphatic hydroxyl groups excluding tert-OH is 1. The van der Waals surface area contributed by atoms with Crippen molar-refractivity contribution in [2.45, 2.75) is 19.8 Å². The smallest absolute Gasteiger partial charge is 0.330 e. The Morgan fingerprint density at radius 1 is 1.63 bits per heavy atom. The second-order valence-corrected chi connectivity index (χ2v) is 3.95. The highest BCUT2D eigenvalue weighted by Crippen LogP contribution is 2.08. The van der Waals surface area contributed by atoms with Gasteiger partial charge < -0.3 is 9.84 Å². The Morgan fingerprint density at radius 3 is 2.84 bits per heavy atom. The molecular formula is C11H14FN3O4. The first-order valence-electron chi connectivity index (χ1n) is 5.51. The van der Waals surface area contributed by atoms with Gasteiger partial charge in [-0.25, -0.2) is 9.18 Å². The van der Waals surface area contributed by atoms with Crippen molar-refractivity contribution in [1.82, 2.24) is 9.55 Å². The molecule has 1 heterocycles. The standard InChI is InChI=1S/C11H14FN3O4/c1-7-4-15(11(18)14-10(7)17)6-19-9(5-16)8(2-12)3-13/h4,8-9,16H,2,5-6H2,1H3,(H,14,17,18). The van der Waals surface area contributed by atoms with E-state index >= 15 is 0 Å². The fourth-order valence-electron chi connectivity index (χ4n) is 1.40. The molecule has 104 valence electrons. The maximum absolute atomic E-state index is 12.5. The number of ether oxygens (including phenoxy) is 1. The second-order valence-electron chi connectivity index (χ2n) is 3.95. The zero-order valence-electron chi connectivity index (χ0n) is 10.3. The van der Waals surface area contributed by atoms with Crippen LogP contribution in [0.2, 0.25) is 0 Å². The average molecular weight is 271 g/mol. The Morgan fingerprint density at radius 2 is 2.32 bits per heavy atom. The van der Waals surface area contributed by atoms with E-state index in [0.717, 1.165) is 4.57 Å². The zero-order chi connectivity index (χ0) is 14.4. The van der Waals surface area contributed by atoms with Crippen LogP contribution in [0.15, 0.2) is 15.8 Å². The summed E-state index contributed by atoms with van der Waals surface area (Å²) in [7, 11) is 0. The van der Waals surface area contributed by atoms with Gasteiger partial charge in [-0.2, -0.15) is 5.26 Å². The molecule has 8 heteroatoms. The zero-order valence-corrected chi connectivity index (χ0v) is 10.3. The number of alkyl halides is 1. The third-order valence-electron chi connectivity index (χ3n) is 2.58. The van der Waals surface area contributed by atoms with Gasteiger partial charge in [-0.15, -0.1) is 0 Å². The highest BCUT2D eigenvalue weighted by atomic mass is 19.1. The largest absolute Gasteiger partial charge is 0.394 e. The summed E-state index contributed by atoms with van der Waals surface area (Å²) in [5, 5.41) is 17.7. The quantitative estimate of drug-likeness (QED) is 0.710. The number of halogens is 1. The maximum Gasteiger partial charge on any atom is 0.330 e. The molecule has 2 atom stereocenters. The Kier molecular flexibility index (Phi) is 5.41. The van der Waals surface area contributed by atoms with E-state index in [-0.39, 0.29) is 6.73 Å². The fourth-order valence-corrected chi connectivity index (χ4v) is 1.40. The molecule has 0 radical (unpaired) electrons. The van der Waals surface area contributed by atoms with Crippen LogP contribution in [0.4, 0.5) is 4.39 Å². The Balaban J connectivity index is 2.81. The molecule has 19 heavy (non-hydrogen) atoms. The predicted octanol–water partition coefficient (Wildman–Crippen LogP) is -0.711. The van der Waals surface area contributed by atoms with E-state index in [4.69, 9.17) is 15.1 Å². The first kappa shape index (κ1) is 15.1. The van der Waals surface area contributed by atoms with E-state index in [9.17, 15) is 14.0 Å². The predicted molar refractivity (Wildman–Crippen MR) is 63.1 cm³/mol. The average Bonchev–Trinajstić information content (AvgIpc) is 2.40. The number of H-pyrrole nitrogens is 1. The van der Waals surface area contributed by atoms with Gasteiger partial charge in [-0.1, -0.05) is 0 Å². The molecule has 1 aromatic rings. The summed E-state index contributed by atoms with van der Waals surface area (Å²) in [5.74, 6) is -1.11. The highest BCUT2D eigenvalue weighted by molar-refractivity contribution is 5.00. The molecule has 0 aromatic carbocycles. The Labute approximate surface area is 107 Å². The molecule has 2 N–H and O–H groups in total. The normalized spacial score (nSPS) is 13.8. The van der Waals surface area contributed by atoms with E-state index < -0.39 is 36.6 Å². The summed E-state index contributed by atoms with van der Waals surface area (Å²) >= 11 is 0. The molecule has 0 amide bonds. The van der Waals surface area contributed by atoms with Crippen LogP contribution in [0.5, 0.6) is 0 Å². The van der Waals surface area contributed by atoms with Crippen molar-refractivity contribution in [3.63, 3.8) is 0 Å².